The van der Waals surface area contributed by atoms with Crippen molar-refractivity contribution in [2.24, 2.45) is 0 Å². The third-order valence-corrected chi connectivity index (χ3v) is 6.10. The highest BCUT2D eigenvalue weighted by molar-refractivity contribution is 7.89. The molecule has 0 heterocycles. The van der Waals surface area contributed by atoms with Crippen molar-refractivity contribution >= 4 is 27.5 Å². The van der Waals surface area contributed by atoms with Crippen LogP contribution in [0.1, 0.15) is 26.3 Å². The molecule has 0 aromatic heterocycles. The number of likely N-dealkylation sites (N-methyl/N-ethyl adjacent to an activating group) is 1. The molecule has 0 radical (unpaired) electrons. The maximum absolute atomic E-state index is 12.5. The highest BCUT2D eigenvalue weighted by atomic mass is 35.5. The van der Waals surface area contributed by atoms with E-state index < -0.39 is 15.6 Å². The predicted octanol–water partition coefficient (Wildman–Crippen LogP) is 3.50. The van der Waals surface area contributed by atoms with Gasteiger partial charge in [-0.05, 0) is 69.2 Å². The SMILES string of the molecule is C[C@H](Cc1ccc(OC(C)(C)C(=O)N(C)C)cc1)NS(=O)(=O)c1ccc(Cl)cc1. The summed E-state index contributed by atoms with van der Waals surface area (Å²) in [6.07, 6.45) is 0.507. The van der Waals surface area contributed by atoms with E-state index in [4.69, 9.17) is 16.3 Å². The molecule has 0 bridgehead atoms. The smallest absolute Gasteiger partial charge is 0.265 e. The molecule has 0 spiro atoms. The molecule has 8 heteroatoms. The summed E-state index contributed by atoms with van der Waals surface area (Å²) in [6, 6.07) is 13.0. The fraction of sp³-hybridized carbons (Fsp3) is 0.381. The molecule has 158 valence electrons. The highest BCUT2D eigenvalue weighted by Crippen LogP contribution is 2.21. The molecular weight excluding hydrogens is 412 g/mol. The zero-order chi connectivity index (χ0) is 21.8. The van der Waals surface area contributed by atoms with Gasteiger partial charge in [-0.25, -0.2) is 13.1 Å². The van der Waals surface area contributed by atoms with Crippen LogP contribution in [0, 0.1) is 0 Å². The molecule has 0 saturated carbocycles. The Labute approximate surface area is 177 Å². The summed E-state index contributed by atoms with van der Waals surface area (Å²) in [7, 11) is -0.255. The summed E-state index contributed by atoms with van der Waals surface area (Å²) >= 11 is 5.81. The molecule has 0 aliphatic heterocycles. The molecule has 6 nitrogen and oxygen atoms in total. The molecule has 2 aromatic rings. The highest BCUT2D eigenvalue weighted by Gasteiger charge is 2.31. The second-order valence-corrected chi connectivity index (χ2v) is 9.79. The van der Waals surface area contributed by atoms with Gasteiger partial charge in [0.15, 0.2) is 5.60 Å². The number of nitrogens with one attached hydrogen (secondary N) is 1. The number of hydrogen-bond donors (Lipinski definition) is 1. The molecule has 1 N–H and O–H groups in total. The fourth-order valence-electron chi connectivity index (χ4n) is 2.91. The second kappa shape index (κ2) is 9.15. The molecule has 1 amide bonds. The number of hydrogen-bond acceptors (Lipinski definition) is 4. The Hall–Kier alpha value is -2.09. The first-order valence-corrected chi connectivity index (χ1v) is 11.0. The van der Waals surface area contributed by atoms with Gasteiger partial charge in [-0.15, -0.1) is 0 Å². The number of carbonyl (C=O) groups is 1. The minimum Gasteiger partial charge on any atom is -0.478 e. The molecule has 2 aromatic carbocycles. The molecule has 0 aliphatic rings. The van der Waals surface area contributed by atoms with E-state index in [9.17, 15) is 13.2 Å². The summed E-state index contributed by atoms with van der Waals surface area (Å²) in [4.78, 5) is 13.8. The predicted molar refractivity (Wildman–Crippen MR) is 115 cm³/mol. The van der Waals surface area contributed by atoms with Gasteiger partial charge < -0.3 is 9.64 Å². The largest absolute Gasteiger partial charge is 0.478 e. The first-order chi connectivity index (χ1) is 13.4. The van der Waals surface area contributed by atoms with E-state index in [2.05, 4.69) is 4.72 Å². The Kier molecular flexibility index (Phi) is 7.32. The van der Waals surface area contributed by atoms with Gasteiger partial charge >= 0.3 is 0 Å². The van der Waals surface area contributed by atoms with E-state index in [0.717, 1.165) is 5.56 Å². The Morgan fingerprint density at radius 3 is 2.17 bits per heavy atom. The number of sulfonamides is 1. The molecule has 0 fully saturated rings. The van der Waals surface area contributed by atoms with E-state index in [1.807, 2.05) is 12.1 Å². The van der Waals surface area contributed by atoms with Gasteiger partial charge in [-0.3, -0.25) is 4.79 Å². The van der Waals surface area contributed by atoms with Crippen LogP contribution < -0.4 is 9.46 Å². The maximum Gasteiger partial charge on any atom is 0.265 e. The molecule has 0 unspecified atom stereocenters. The number of ether oxygens (including phenoxy) is 1. The van der Waals surface area contributed by atoms with Gasteiger partial charge in [0.2, 0.25) is 10.0 Å². The molecule has 1 atom stereocenters. The number of benzene rings is 2. The van der Waals surface area contributed by atoms with Gasteiger partial charge in [0.25, 0.3) is 5.91 Å². The molecule has 2 rings (SSSR count). The number of halogens is 1. The standard InChI is InChI=1S/C21H27ClN2O4S/c1-15(23-29(26,27)19-12-8-17(22)9-13-19)14-16-6-10-18(11-7-16)28-21(2,3)20(25)24(4)5/h6-13,15,23H,14H2,1-5H3/t15-/m1/s1. The van der Waals surface area contributed by atoms with Crippen LogP contribution in [0.2, 0.25) is 5.02 Å². The quantitative estimate of drug-likeness (QED) is 0.684. The number of nitrogens with zero attached hydrogens (tertiary/aromatic N) is 1. The summed E-state index contributed by atoms with van der Waals surface area (Å²) in [5.74, 6) is 0.440. The zero-order valence-electron chi connectivity index (χ0n) is 17.3. The van der Waals surface area contributed by atoms with E-state index in [1.165, 1.54) is 17.0 Å². The third kappa shape index (κ3) is 6.45. The number of amides is 1. The fourth-order valence-corrected chi connectivity index (χ4v) is 4.28. The van der Waals surface area contributed by atoms with Gasteiger partial charge in [0.05, 0.1) is 4.90 Å². The van der Waals surface area contributed by atoms with Crippen LogP contribution in [-0.2, 0) is 21.2 Å². The lowest BCUT2D eigenvalue weighted by atomic mass is 10.1. The minimum atomic E-state index is -3.62. The van der Waals surface area contributed by atoms with Crippen LogP contribution in [0.15, 0.2) is 53.4 Å². The topological polar surface area (TPSA) is 75.7 Å². The van der Waals surface area contributed by atoms with Crippen molar-refractivity contribution in [1.82, 2.24) is 9.62 Å². The van der Waals surface area contributed by atoms with E-state index in [1.54, 1.807) is 59.1 Å². The number of carbonyl (C=O) groups excluding carboxylic acids is 1. The summed E-state index contributed by atoms with van der Waals surface area (Å²) in [5.41, 5.74) is -0.0348. The van der Waals surface area contributed by atoms with E-state index in [-0.39, 0.29) is 16.8 Å². The number of rotatable bonds is 8. The van der Waals surface area contributed by atoms with Crippen molar-refractivity contribution in [2.45, 2.75) is 43.7 Å². The Balaban J connectivity index is 2.00. The first-order valence-electron chi connectivity index (χ1n) is 9.18. The van der Waals surface area contributed by atoms with Gasteiger partial charge in [-0.2, -0.15) is 0 Å². The van der Waals surface area contributed by atoms with Crippen LogP contribution in [0.3, 0.4) is 0 Å². The Morgan fingerprint density at radius 2 is 1.66 bits per heavy atom. The van der Waals surface area contributed by atoms with Gasteiger partial charge in [0.1, 0.15) is 5.75 Å². The van der Waals surface area contributed by atoms with Gasteiger partial charge in [-0.1, -0.05) is 23.7 Å². The van der Waals surface area contributed by atoms with Crippen molar-refractivity contribution in [2.75, 3.05) is 14.1 Å². The summed E-state index contributed by atoms with van der Waals surface area (Å²) in [5, 5.41) is 0.481. The van der Waals surface area contributed by atoms with Crippen molar-refractivity contribution < 1.29 is 17.9 Å². The molecular formula is C21H27ClN2O4S. The average Bonchev–Trinajstić information content (AvgIpc) is 2.62. The lowest BCUT2D eigenvalue weighted by molar-refractivity contribution is -0.142. The average molecular weight is 439 g/mol. The minimum absolute atomic E-state index is 0.133. The molecule has 0 saturated heterocycles. The Morgan fingerprint density at radius 1 is 1.10 bits per heavy atom. The van der Waals surface area contributed by atoms with E-state index >= 15 is 0 Å². The van der Waals surface area contributed by atoms with Crippen LogP contribution in [0.5, 0.6) is 5.75 Å². The van der Waals surface area contributed by atoms with Crippen molar-refractivity contribution in [3.8, 4) is 5.75 Å². The molecule has 0 aliphatic carbocycles. The monoisotopic (exact) mass is 438 g/mol. The van der Waals surface area contributed by atoms with Crippen LogP contribution >= 0.6 is 11.6 Å². The Bertz CT molecular complexity index is 940. The lowest BCUT2D eigenvalue weighted by Gasteiger charge is -2.28. The van der Waals surface area contributed by atoms with Crippen molar-refractivity contribution in [3.63, 3.8) is 0 Å². The normalized spacial score (nSPS) is 13.0. The first kappa shape index (κ1) is 23.2. The lowest BCUT2D eigenvalue weighted by Crippen LogP contribution is -2.45. The van der Waals surface area contributed by atoms with Crippen molar-refractivity contribution in [3.05, 3.63) is 59.1 Å². The van der Waals surface area contributed by atoms with Crippen molar-refractivity contribution in [1.29, 1.82) is 0 Å². The van der Waals surface area contributed by atoms with Crippen LogP contribution in [-0.4, -0.2) is 45.0 Å². The van der Waals surface area contributed by atoms with Crippen LogP contribution in [0.4, 0.5) is 0 Å². The maximum atomic E-state index is 12.5. The zero-order valence-corrected chi connectivity index (χ0v) is 18.8. The van der Waals surface area contributed by atoms with Gasteiger partial charge in [0, 0.05) is 25.2 Å². The summed E-state index contributed by atoms with van der Waals surface area (Å²) in [6.45, 7) is 5.24. The molecule has 29 heavy (non-hydrogen) atoms. The third-order valence-electron chi connectivity index (χ3n) is 4.24. The van der Waals surface area contributed by atoms with E-state index in [0.29, 0.717) is 17.2 Å². The summed E-state index contributed by atoms with van der Waals surface area (Å²) < 4.78 is 33.4. The van der Waals surface area contributed by atoms with Crippen LogP contribution in [0.25, 0.3) is 0 Å². The second-order valence-electron chi connectivity index (χ2n) is 7.64.